The molecular formula is C15H27N3O2. The lowest BCUT2D eigenvalue weighted by Gasteiger charge is -2.34. The quantitative estimate of drug-likeness (QED) is 0.836. The highest BCUT2D eigenvalue weighted by atomic mass is 16.5. The first-order valence-corrected chi connectivity index (χ1v) is 7.65. The van der Waals surface area contributed by atoms with Crippen LogP contribution in [0.4, 0.5) is 0 Å². The third kappa shape index (κ3) is 3.59. The van der Waals surface area contributed by atoms with Crippen molar-refractivity contribution in [2.75, 3.05) is 13.2 Å². The van der Waals surface area contributed by atoms with E-state index in [0.29, 0.717) is 6.54 Å². The fourth-order valence-corrected chi connectivity index (χ4v) is 2.57. The minimum Gasteiger partial charge on any atom is -0.389 e. The van der Waals surface area contributed by atoms with Crippen LogP contribution in [0.25, 0.3) is 0 Å². The number of nitrogens with zero attached hydrogens (tertiary/aromatic N) is 2. The minimum atomic E-state index is -0.665. The van der Waals surface area contributed by atoms with Crippen molar-refractivity contribution in [3.63, 3.8) is 0 Å². The summed E-state index contributed by atoms with van der Waals surface area (Å²) in [6.45, 7) is 8.24. The van der Waals surface area contributed by atoms with Gasteiger partial charge < -0.3 is 19.7 Å². The van der Waals surface area contributed by atoms with Crippen molar-refractivity contribution in [3.8, 4) is 0 Å². The number of hydrogen-bond donors (Lipinski definition) is 2. The number of imidazole rings is 1. The van der Waals surface area contributed by atoms with Crippen LogP contribution in [0, 0.1) is 0 Å². The smallest absolute Gasteiger partial charge is 0.139 e. The molecule has 0 aromatic carbocycles. The molecule has 5 heteroatoms. The van der Waals surface area contributed by atoms with Crippen LogP contribution in [-0.2, 0) is 11.3 Å². The van der Waals surface area contributed by atoms with Gasteiger partial charge in [-0.2, -0.15) is 0 Å². The molecule has 0 radical (unpaired) electrons. The first-order valence-electron chi connectivity index (χ1n) is 7.65. The second kappa shape index (κ2) is 6.70. The zero-order chi connectivity index (χ0) is 14.6. The highest BCUT2D eigenvalue weighted by molar-refractivity contribution is 5.02. The Morgan fingerprint density at radius 2 is 2.35 bits per heavy atom. The predicted molar refractivity (Wildman–Crippen MR) is 78.5 cm³/mol. The highest BCUT2D eigenvalue weighted by Gasteiger charge is 2.31. The number of aryl methyl sites for hydroxylation is 1. The van der Waals surface area contributed by atoms with Crippen LogP contribution in [0.1, 0.15) is 52.0 Å². The molecule has 1 fully saturated rings. The average Bonchev–Trinajstić information content (AvgIpc) is 2.94. The van der Waals surface area contributed by atoms with Gasteiger partial charge in [-0.3, -0.25) is 0 Å². The van der Waals surface area contributed by atoms with Gasteiger partial charge in [0, 0.05) is 38.1 Å². The van der Waals surface area contributed by atoms with E-state index in [2.05, 4.69) is 21.8 Å². The largest absolute Gasteiger partial charge is 0.389 e. The lowest BCUT2D eigenvalue weighted by atomic mass is 9.98. The Bertz CT molecular complexity index is 417. The van der Waals surface area contributed by atoms with Crippen molar-refractivity contribution in [1.29, 1.82) is 0 Å². The summed E-state index contributed by atoms with van der Waals surface area (Å²) in [5.41, 5.74) is -0.665. The molecular weight excluding hydrogens is 254 g/mol. The van der Waals surface area contributed by atoms with Gasteiger partial charge in [-0.15, -0.1) is 0 Å². The number of aliphatic hydroxyl groups is 1. The molecule has 1 saturated heterocycles. The maximum absolute atomic E-state index is 10.1. The molecule has 1 aliphatic heterocycles. The maximum Gasteiger partial charge on any atom is 0.139 e. The molecule has 3 atom stereocenters. The molecule has 5 nitrogen and oxygen atoms in total. The van der Waals surface area contributed by atoms with Gasteiger partial charge in [0.1, 0.15) is 11.9 Å². The van der Waals surface area contributed by atoms with Crippen molar-refractivity contribution >= 4 is 0 Å². The first kappa shape index (κ1) is 15.5. The van der Waals surface area contributed by atoms with Crippen LogP contribution in [0.2, 0.25) is 0 Å². The molecule has 2 heterocycles. The second-order valence-electron chi connectivity index (χ2n) is 5.84. The van der Waals surface area contributed by atoms with Gasteiger partial charge in [-0.25, -0.2) is 4.98 Å². The summed E-state index contributed by atoms with van der Waals surface area (Å²) in [6, 6.07) is 0.217. The predicted octanol–water partition coefficient (Wildman–Crippen LogP) is 1.87. The Morgan fingerprint density at radius 1 is 1.55 bits per heavy atom. The fraction of sp³-hybridized carbons (Fsp3) is 0.800. The van der Waals surface area contributed by atoms with Crippen LogP contribution in [0.15, 0.2) is 12.4 Å². The van der Waals surface area contributed by atoms with E-state index >= 15 is 0 Å². The van der Waals surface area contributed by atoms with Crippen LogP contribution >= 0.6 is 0 Å². The number of aromatic nitrogens is 2. The van der Waals surface area contributed by atoms with Gasteiger partial charge in [0.05, 0.1) is 5.60 Å². The van der Waals surface area contributed by atoms with Crippen molar-refractivity contribution < 1.29 is 9.84 Å². The Kier molecular flexibility index (Phi) is 5.18. The maximum atomic E-state index is 10.1. The Hall–Kier alpha value is -0.910. The molecule has 1 unspecified atom stereocenters. The molecule has 2 rings (SSSR count). The summed E-state index contributed by atoms with van der Waals surface area (Å²) >= 11 is 0. The summed E-state index contributed by atoms with van der Waals surface area (Å²) in [5, 5.41) is 13.6. The minimum absolute atomic E-state index is 0.0219. The van der Waals surface area contributed by atoms with Crippen molar-refractivity contribution in [2.45, 2.75) is 64.3 Å². The van der Waals surface area contributed by atoms with E-state index < -0.39 is 5.60 Å². The molecule has 0 amide bonds. The van der Waals surface area contributed by atoms with Crippen molar-refractivity contribution in [2.24, 2.45) is 0 Å². The Morgan fingerprint density at radius 3 is 3.05 bits per heavy atom. The van der Waals surface area contributed by atoms with E-state index in [-0.39, 0.29) is 12.1 Å². The lowest BCUT2D eigenvalue weighted by molar-refractivity contribution is -0.0270. The van der Waals surface area contributed by atoms with Crippen LogP contribution in [0.5, 0.6) is 0 Å². The van der Waals surface area contributed by atoms with Gasteiger partial charge >= 0.3 is 0 Å². The van der Waals surface area contributed by atoms with Gasteiger partial charge in [0.25, 0.3) is 0 Å². The third-order valence-electron chi connectivity index (χ3n) is 4.17. The molecule has 20 heavy (non-hydrogen) atoms. The SMILES string of the molecule is CCn1ccnc1[C@@H]1OCCC[C@H]1NCC(C)(O)CC. The molecule has 1 aromatic rings. The fourth-order valence-electron chi connectivity index (χ4n) is 2.57. The van der Waals surface area contributed by atoms with Crippen LogP contribution in [0.3, 0.4) is 0 Å². The summed E-state index contributed by atoms with van der Waals surface area (Å²) < 4.78 is 8.08. The van der Waals surface area contributed by atoms with Gasteiger partial charge in [-0.05, 0) is 33.1 Å². The first-order chi connectivity index (χ1) is 9.57. The number of ether oxygens (including phenoxy) is 1. The number of hydrogen-bond acceptors (Lipinski definition) is 4. The van der Waals surface area contributed by atoms with Crippen LogP contribution in [-0.4, -0.2) is 39.5 Å². The third-order valence-corrected chi connectivity index (χ3v) is 4.17. The molecule has 0 aliphatic carbocycles. The summed E-state index contributed by atoms with van der Waals surface area (Å²) in [7, 11) is 0. The van der Waals surface area contributed by atoms with E-state index in [0.717, 1.165) is 38.2 Å². The normalized spacial score (nSPS) is 26.4. The van der Waals surface area contributed by atoms with Gasteiger partial charge in [0.2, 0.25) is 0 Å². The second-order valence-corrected chi connectivity index (χ2v) is 5.84. The zero-order valence-corrected chi connectivity index (χ0v) is 12.8. The Balaban J connectivity index is 2.06. The average molecular weight is 281 g/mol. The summed E-state index contributed by atoms with van der Waals surface area (Å²) in [6.07, 6.45) is 6.65. The van der Waals surface area contributed by atoms with E-state index in [1.807, 2.05) is 26.2 Å². The monoisotopic (exact) mass is 281 g/mol. The number of nitrogens with one attached hydrogen (secondary N) is 1. The molecule has 0 bridgehead atoms. The molecule has 0 spiro atoms. The zero-order valence-electron chi connectivity index (χ0n) is 12.8. The topological polar surface area (TPSA) is 59.3 Å². The van der Waals surface area contributed by atoms with Gasteiger partial charge in [0.15, 0.2) is 0 Å². The van der Waals surface area contributed by atoms with E-state index in [1.165, 1.54) is 0 Å². The van der Waals surface area contributed by atoms with Crippen molar-refractivity contribution in [3.05, 3.63) is 18.2 Å². The summed E-state index contributed by atoms with van der Waals surface area (Å²) in [5.74, 6) is 0.987. The van der Waals surface area contributed by atoms with E-state index in [4.69, 9.17) is 4.74 Å². The summed E-state index contributed by atoms with van der Waals surface area (Å²) in [4.78, 5) is 4.46. The molecule has 0 saturated carbocycles. The number of rotatable bonds is 6. The van der Waals surface area contributed by atoms with Gasteiger partial charge in [-0.1, -0.05) is 6.92 Å². The molecule has 1 aromatic heterocycles. The standard InChI is InChI=1S/C15H27N3O2/c1-4-15(3,19)11-17-12-7-6-10-20-13(12)14-16-8-9-18(14)5-2/h8-9,12-13,17,19H,4-7,10-11H2,1-3H3/t12-,13-,15?/m1/s1. The Labute approximate surface area is 121 Å². The molecule has 1 aliphatic rings. The van der Waals surface area contributed by atoms with Crippen LogP contribution < -0.4 is 5.32 Å². The lowest BCUT2D eigenvalue weighted by Crippen LogP contribution is -2.47. The van der Waals surface area contributed by atoms with E-state index in [9.17, 15) is 5.11 Å². The molecule has 2 N–H and O–H groups in total. The van der Waals surface area contributed by atoms with E-state index in [1.54, 1.807) is 0 Å². The van der Waals surface area contributed by atoms with Crippen molar-refractivity contribution in [1.82, 2.24) is 14.9 Å². The molecule has 114 valence electrons. The highest BCUT2D eigenvalue weighted by Crippen LogP contribution is 2.27.